The number of carbonyl (C=O) groups excluding carboxylic acids is 1. The van der Waals surface area contributed by atoms with Gasteiger partial charge in [-0.2, -0.15) is 0 Å². The van der Waals surface area contributed by atoms with Gasteiger partial charge in [0, 0.05) is 19.0 Å². The fourth-order valence-corrected chi connectivity index (χ4v) is 2.78. The highest BCUT2D eigenvalue weighted by Crippen LogP contribution is 2.56. The Balaban J connectivity index is 1.76. The van der Waals surface area contributed by atoms with E-state index in [1.165, 1.54) is 4.90 Å². The van der Waals surface area contributed by atoms with Crippen molar-refractivity contribution in [2.24, 2.45) is 0 Å². The third-order valence-electron chi connectivity index (χ3n) is 4.17. The van der Waals surface area contributed by atoms with E-state index in [1.807, 2.05) is 0 Å². The van der Waals surface area contributed by atoms with Crippen molar-refractivity contribution in [1.29, 1.82) is 0 Å². The fraction of sp³-hybridized carbons (Fsp3) is 0.588. The van der Waals surface area contributed by atoms with Gasteiger partial charge in [0.15, 0.2) is 0 Å². The van der Waals surface area contributed by atoms with Crippen LogP contribution in [0, 0.1) is 0 Å². The molecule has 2 aliphatic rings. The smallest absolute Gasteiger partial charge is 0.410 e. The topological polar surface area (TPSA) is 38.8 Å². The second-order valence-electron chi connectivity index (χ2n) is 7.23. The van der Waals surface area contributed by atoms with E-state index in [1.54, 1.807) is 46.0 Å². The molecule has 1 heterocycles. The molecule has 0 radical (unpaired) electrons. The molecule has 6 heteroatoms. The third-order valence-corrected chi connectivity index (χ3v) is 4.17. The first kappa shape index (κ1) is 16.0. The van der Waals surface area contributed by atoms with Crippen molar-refractivity contribution in [3.63, 3.8) is 0 Å². The van der Waals surface area contributed by atoms with E-state index in [0.717, 1.165) is 5.56 Å². The molecule has 1 aliphatic carbocycles. The Bertz CT molecular complexity index is 639. The summed E-state index contributed by atoms with van der Waals surface area (Å²) < 4.78 is 37.3. The largest absolute Gasteiger partial charge is 0.491 e. The van der Waals surface area contributed by atoms with E-state index in [9.17, 15) is 13.6 Å². The van der Waals surface area contributed by atoms with Crippen molar-refractivity contribution >= 4 is 6.09 Å². The number of rotatable bonds is 2. The van der Waals surface area contributed by atoms with E-state index >= 15 is 0 Å². The van der Waals surface area contributed by atoms with Gasteiger partial charge in [-0.15, -0.1) is 0 Å². The van der Waals surface area contributed by atoms with Crippen LogP contribution in [0.4, 0.5) is 13.6 Å². The van der Waals surface area contributed by atoms with Gasteiger partial charge >= 0.3 is 6.09 Å². The number of amides is 1. The summed E-state index contributed by atoms with van der Waals surface area (Å²) in [5, 5.41) is 0. The molecule has 4 nitrogen and oxygen atoms in total. The lowest BCUT2D eigenvalue weighted by molar-refractivity contribution is 0.0201. The van der Waals surface area contributed by atoms with Crippen LogP contribution in [0.5, 0.6) is 5.75 Å². The van der Waals surface area contributed by atoms with Crippen molar-refractivity contribution in [2.45, 2.75) is 50.7 Å². The first-order valence-electron chi connectivity index (χ1n) is 7.69. The van der Waals surface area contributed by atoms with E-state index in [4.69, 9.17) is 9.47 Å². The van der Waals surface area contributed by atoms with Gasteiger partial charge in [0.2, 0.25) is 0 Å². The Morgan fingerprint density at radius 2 is 2.04 bits per heavy atom. The average Bonchev–Trinajstić information content (AvgIpc) is 2.89. The number of ether oxygens (including phenoxy) is 2. The molecule has 0 saturated heterocycles. The van der Waals surface area contributed by atoms with Gasteiger partial charge in [-0.05, 0) is 32.4 Å². The van der Waals surface area contributed by atoms with Gasteiger partial charge in [-0.1, -0.05) is 12.1 Å². The molecule has 1 fully saturated rings. The number of alkyl halides is 2. The maximum atomic E-state index is 13.2. The minimum Gasteiger partial charge on any atom is -0.491 e. The summed E-state index contributed by atoms with van der Waals surface area (Å²) in [6.07, 6.45) is -0.538. The maximum absolute atomic E-state index is 13.2. The molecule has 0 N–H and O–H groups in total. The number of likely N-dealkylation sites (N-methyl/N-ethyl adjacent to an activating group) is 1. The van der Waals surface area contributed by atoms with Crippen LogP contribution in [0.15, 0.2) is 18.2 Å². The van der Waals surface area contributed by atoms with Crippen molar-refractivity contribution < 1.29 is 23.0 Å². The van der Waals surface area contributed by atoms with E-state index in [-0.39, 0.29) is 12.5 Å². The molecule has 23 heavy (non-hydrogen) atoms. The van der Waals surface area contributed by atoms with Crippen LogP contribution >= 0.6 is 0 Å². The summed E-state index contributed by atoms with van der Waals surface area (Å²) in [6, 6.07) is 4.88. The molecule has 1 aromatic carbocycles. The van der Waals surface area contributed by atoms with Gasteiger partial charge in [-0.3, -0.25) is 0 Å². The van der Waals surface area contributed by atoms with Gasteiger partial charge in [0.05, 0.1) is 12.0 Å². The number of halogens is 2. The van der Waals surface area contributed by atoms with Gasteiger partial charge in [0.1, 0.15) is 18.0 Å². The first-order chi connectivity index (χ1) is 10.6. The lowest BCUT2D eigenvalue weighted by Crippen LogP contribution is -2.37. The quantitative estimate of drug-likeness (QED) is 0.821. The molecule has 1 amide bonds. The Labute approximate surface area is 134 Å². The monoisotopic (exact) mass is 325 g/mol. The summed E-state index contributed by atoms with van der Waals surface area (Å²) in [7, 11) is 1.65. The lowest BCUT2D eigenvalue weighted by atomic mass is 10.0. The van der Waals surface area contributed by atoms with E-state index in [0.29, 0.717) is 17.9 Å². The second-order valence-corrected chi connectivity index (χ2v) is 7.23. The fourth-order valence-electron chi connectivity index (χ4n) is 2.78. The van der Waals surface area contributed by atoms with Crippen LogP contribution in [0.3, 0.4) is 0 Å². The Morgan fingerprint density at radius 1 is 1.39 bits per heavy atom. The SMILES string of the molecule is CN(C(=O)OC(C)(C)C)[C@@H]1COc2cc(C3CC3(F)F)ccc21. The number of carbonyl (C=O) groups is 1. The normalized spacial score (nSPS) is 24.6. The summed E-state index contributed by atoms with van der Waals surface area (Å²) in [4.78, 5) is 13.7. The molecular formula is C17H21F2NO3. The maximum Gasteiger partial charge on any atom is 0.410 e. The molecule has 1 saturated carbocycles. The number of nitrogens with zero attached hydrogens (tertiary/aromatic N) is 1. The van der Waals surface area contributed by atoms with Crippen molar-refractivity contribution in [1.82, 2.24) is 4.90 Å². The van der Waals surface area contributed by atoms with Gasteiger partial charge in [-0.25, -0.2) is 13.6 Å². The van der Waals surface area contributed by atoms with E-state index < -0.39 is 23.5 Å². The Morgan fingerprint density at radius 3 is 2.61 bits per heavy atom. The average molecular weight is 325 g/mol. The molecule has 1 unspecified atom stereocenters. The minimum absolute atomic E-state index is 0.104. The second kappa shape index (κ2) is 5.08. The number of benzene rings is 1. The van der Waals surface area contributed by atoms with Crippen LogP contribution in [0.25, 0.3) is 0 Å². The Hall–Kier alpha value is -1.85. The number of fused-ring (bicyclic) bond motifs is 1. The molecule has 1 aliphatic heterocycles. The molecule has 2 atom stereocenters. The highest BCUT2D eigenvalue weighted by Gasteiger charge is 2.57. The molecule has 0 aromatic heterocycles. The molecule has 3 rings (SSSR count). The molecule has 0 bridgehead atoms. The first-order valence-corrected chi connectivity index (χ1v) is 7.69. The zero-order valence-electron chi connectivity index (χ0n) is 13.7. The zero-order chi connectivity index (χ0) is 17.0. The van der Waals surface area contributed by atoms with Crippen LogP contribution in [0.1, 0.15) is 50.3 Å². The van der Waals surface area contributed by atoms with Crippen molar-refractivity contribution in [3.8, 4) is 5.75 Å². The lowest BCUT2D eigenvalue weighted by Gasteiger charge is -2.28. The predicted molar refractivity (Wildman–Crippen MR) is 81.0 cm³/mol. The van der Waals surface area contributed by atoms with Crippen LogP contribution in [0.2, 0.25) is 0 Å². The van der Waals surface area contributed by atoms with E-state index in [2.05, 4.69) is 0 Å². The minimum atomic E-state index is -2.60. The highest BCUT2D eigenvalue weighted by atomic mass is 19.3. The van der Waals surface area contributed by atoms with Crippen LogP contribution in [-0.4, -0.2) is 36.2 Å². The highest BCUT2D eigenvalue weighted by molar-refractivity contribution is 5.69. The summed E-state index contributed by atoms with van der Waals surface area (Å²) >= 11 is 0. The summed E-state index contributed by atoms with van der Waals surface area (Å²) in [5.74, 6) is -2.73. The molecule has 1 aromatic rings. The van der Waals surface area contributed by atoms with Crippen molar-refractivity contribution in [3.05, 3.63) is 29.3 Å². The number of hydrogen-bond acceptors (Lipinski definition) is 3. The van der Waals surface area contributed by atoms with Crippen molar-refractivity contribution in [2.75, 3.05) is 13.7 Å². The predicted octanol–water partition coefficient (Wildman–Crippen LogP) is 4.11. The molecule has 126 valence electrons. The zero-order valence-corrected chi connectivity index (χ0v) is 13.7. The van der Waals surface area contributed by atoms with Crippen LogP contribution < -0.4 is 4.74 Å². The number of hydrogen-bond donors (Lipinski definition) is 0. The summed E-state index contributed by atoms with van der Waals surface area (Å²) in [6.45, 7) is 5.72. The van der Waals surface area contributed by atoms with Crippen LogP contribution in [-0.2, 0) is 4.74 Å². The van der Waals surface area contributed by atoms with Gasteiger partial charge in [0.25, 0.3) is 5.92 Å². The molecule has 0 spiro atoms. The Kier molecular flexibility index (Phi) is 3.54. The third kappa shape index (κ3) is 3.12. The molecular weight excluding hydrogens is 304 g/mol. The summed E-state index contributed by atoms with van der Waals surface area (Å²) in [5.41, 5.74) is 0.843. The standard InChI is InChI=1S/C17H21F2NO3/c1-16(2,3)23-15(21)20(4)13-9-22-14-7-10(5-6-11(13)14)12-8-17(12,18)19/h5-7,12-13H,8-9H2,1-4H3/t12?,13-/m1/s1. The van der Waals surface area contributed by atoms with Gasteiger partial charge < -0.3 is 14.4 Å².